The van der Waals surface area contributed by atoms with Gasteiger partial charge in [-0.25, -0.2) is 0 Å². The lowest BCUT2D eigenvalue weighted by Crippen LogP contribution is -2.05. The summed E-state index contributed by atoms with van der Waals surface area (Å²) in [6, 6.07) is 11.7. The maximum absolute atomic E-state index is 5.93. The van der Waals surface area contributed by atoms with Crippen molar-refractivity contribution in [3.05, 3.63) is 47.5 Å². The average Bonchev–Trinajstić information content (AvgIpc) is 2.49. The Morgan fingerprint density at radius 2 is 1.14 bits per heavy atom. The first kappa shape index (κ1) is 13.6. The lowest BCUT2D eigenvalue weighted by Gasteiger charge is -2.11. The molecule has 1 aliphatic heterocycles. The van der Waals surface area contributed by atoms with Crippen molar-refractivity contribution in [2.45, 2.75) is 32.1 Å². The van der Waals surface area contributed by atoms with E-state index in [1.807, 2.05) is 36.4 Å². The Labute approximate surface area is 124 Å². The van der Waals surface area contributed by atoms with Crippen LogP contribution in [0, 0.1) is 0 Å². The summed E-state index contributed by atoms with van der Waals surface area (Å²) in [6.45, 7) is 0. The summed E-state index contributed by atoms with van der Waals surface area (Å²) in [5, 5.41) is 0. The van der Waals surface area contributed by atoms with E-state index in [0.29, 0.717) is 22.9 Å². The number of anilines is 2. The second kappa shape index (κ2) is 5.95. The average molecular weight is 284 g/mol. The van der Waals surface area contributed by atoms with Gasteiger partial charge in [-0.1, -0.05) is 18.6 Å². The molecule has 21 heavy (non-hydrogen) atoms. The molecule has 0 radical (unpaired) electrons. The standard InChI is InChI=1S/C17H20N2O2/c18-14-8-6-12-4-2-1-3-5-13-7-9-15(19)17(11-13)21-20-16(14)10-12/h6-11H,1-5,18-19H2. The molecule has 0 aliphatic carbocycles. The van der Waals surface area contributed by atoms with Crippen LogP contribution in [0.5, 0.6) is 11.5 Å². The van der Waals surface area contributed by atoms with Crippen LogP contribution in [0.2, 0.25) is 0 Å². The molecular weight excluding hydrogens is 264 g/mol. The monoisotopic (exact) mass is 284 g/mol. The smallest absolute Gasteiger partial charge is 0.201 e. The fourth-order valence-electron chi connectivity index (χ4n) is 2.54. The zero-order chi connectivity index (χ0) is 14.7. The number of aryl methyl sites for hydroxylation is 2. The predicted octanol–water partition coefficient (Wildman–Crippen LogP) is 3.49. The summed E-state index contributed by atoms with van der Waals surface area (Å²) < 4.78 is 0. The van der Waals surface area contributed by atoms with E-state index in [1.54, 1.807) is 0 Å². The number of nitrogens with two attached hydrogens (primary N) is 2. The van der Waals surface area contributed by atoms with Crippen LogP contribution in [-0.4, -0.2) is 0 Å². The van der Waals surface area contributed by atoms with E-state index in [-0.39, 0.29) is 0 Å². The largest absolute Gasteiger partial charge is 0.396 e. The van der Waals surface area contributed by atoms with Crippen LogP contribution in [0.25, 0.3) is 0 Å². The summed E-state index contributed by atoms with van der Waals surface area (Å²) in [7, 11) is 0. The summed E-state index contributed by atoms with van der Waals surface area (Å²) in [5.74, 6) is 1.08. The lowest BCUT2D eigenvalue weighted by atomic mass is 10.0. The van der Waals surface area contributed by atoms with Gasteiger partial charge in [-0.2, -0.15) is 0 Å². The molecule has 0 saturated heterocycles. The highest BCUT2D eigenvalue weighted by Crippen LogP contribution is 2.29. The Morgan fingerprint density at radius 1 is 0.667 bits per heavy atom. The van der Waals surface area contributed by atoms with Crippen LogP contribution in [0.3, 0.4) is 0 Å². The van der Waals surface area contributed by atoms with Gasteiger partial charge in [0.25, 0.3) is 0 Å². The van der Waals surface area contributed by atoms with E-state index in [9.17, 15) is 0 Å². The third kappa shape index (κ3) is 3.21. The van der Waals surface area contributed by atoms with Gasteiger partial charge in [-0.05, 0) is 61.1 Å². The Morgan fingerprint density at radius 3 is 1.62 bits per heavy atom. The van der Waals surface area contributed by atoms with E-state index in [2.05, 4.69) is 0 Å². The number of fused-ring (bicyclic) bond motifs is 4. The quantitative estimate of drug-likeness (QED) is 0.574. The molecule has 0 aromatic heterocycles. The normalized spacial score (nSPS) is 14.9. The third-order valence-corrected chi connectivity index (χ3v) is 3.81. The molecule has 0 spiro atoms. The van der Waals surface area contributed by atoms with Crippen LogP contribution >= 0.6 is 0 Å². The van der Waals surface area contributed by atoms with Crippen molar-refractivity contribution in [3.63, 3.8) is 0 Å². The number of hydrogen-bond acceptors (Lipinski definition) is 4. The van der Waals surface area contributed by atoms with Gasteiger partial charge >= 0.3 is 0 Å². The van der Waals surface area contributed by atoms with Crippen LogP contribution in [0.1, 0.15) is 30.4 Å². The highest BCUT2D eigenvalue weighted by atomic mass is 17.2. The van der Waals surface area contributed by atoms with Crippen LogP contribution in [-0.2, 0) is 12.8 Å². The number of rotatable bonds is 0. The maximum atomic E-state index is 5.93. The number of hydrogen-bond donors (Lipinski definition) is 2. The van der Waals surface area contributed by atoms with Crippen molar-refractivity contribution in [3.8, 4) is 11.5 Å². The minimum absolute atomic E-state index is 0.538. The Hall–Kier alpha value is -2.36. The SMILES string of the molecule is Nc1ccc2cc1OOc1cc(ccc1N)CCCCC2. The fourth-order valence-corrected chi connectivity index (χ4v) is 2.54. The molecule has 4 nitrogen and oxygen atoms in total. The molecule has 3 rings (SSSR count). The van der Waals surface area contributed by atoms with Crippen molar-refractivity contribution in [2.24, 2.45) is 0 Å². The Kier molecular flexibility index (Phi) is 3.86. The first-order valence-corrected chi connectivity index (χ1v) is 7.34. The maximum Gasteiger partial charge on any atom is 0.201 e. The lowest BCUT2D eigenvalue weighted by molar-refractivity contribution is -0.0984. The summed E-state index contributed by atoms with van der Waals surface area (Å²) in [6.07, 6.45) is 5.56. The van der Waals surface area contributed by atoms with Gasteiger partial charge in [0, 0.05) is 0 Å². The molecule has 4 N–H and O–H groups in total. The van der Waals surface area contributed by atoms with Crippen LogP contribution in [0.15, 0.2) is 36.4 Å². The van der Waals surface area contributed by atoms with Crippen molar-refractivity contribution in [2.75, 3.05) is 11.5 Å². The van der Waals surface area contributed by atoms with E-state index in [4.69, 9.17) is 21.2 Å². The fraction of sp³-hybridized carbons (Fsp3) is 0.294. The third-order valence-electron chi connectivity index (χ3n) is 3.81. The van der Waals surface area contributed by atoms with E-state index < -0.39 is 0 Å². The molecule has 2 aromatic carbocycles. The minimum Gasteiger partial charge on any atom is -0.396 e. The Bertz CT molecular complexity index is 585. The van der Waals surface area contributed by atoms with Crippen LogP contribution in [0.4, 0.5) is 11.4 Å². The highest BCUT2D eigenvalue weighted by molar-refractivity contribution is 5.55. The molecule has 2 aromatic rings. The van der Waals surface area contributed by atoms with E-state index >= 15 is 0 Å². The van der Waals surface area contributed by atoms with E-state index in [0.717, 1.165) is 25.7 Å². The van der Waals surface area contributed by atoms with Gasteiger partial charge in [-0.15, -0.1) is 0 Å². The highest BCUT2D eigenvalue weighted by Gasteiger charge is 2.09. The molecule has 0 atom stereocenters. The minimum atomic E-state index is 0.538. The summed E-state index contributed by atoms with van der Waals surface area (Å²) >= 11 is 0. The molecule has 0 amide bonds. The number of nitrogen functional groups attached to an aromatic ring is 2. The molecule has 0 saturated carbocycles. The Balaban J connectivity index is 1.91. The molecule has 1 aliphatic rings. The molecule has 0 unspecified atom stereocenters. The van der Waals surface area contributed by atoms with Crippen molar-refractivity contribution in [1.82, 2.24) is 0 Å². The molecule has 4 heteroatoms. The van der Waals surface area contributed by atoms with Crippen molar-refractivity contribution < 1.29 is 9.78 Å². The topological polar surface area (TPSA) is 70.5 Å². The van der Waals surface area contributed by atoms with Crippen molar-refractivity contribution in [1.29, 1.82) is 0 Å². The summed E-state index contributed by atoms with van der Waals surface area (Å²) in [5.41, 5.74) is 15.4. The van der Waals surface area contributed by atoms with Gasteiger partial charge in [0.05, 0.1) is 11.4 Å². The molecular formula is C17H20N2O2. The predicted molar refractivity (Wildman–Crippen MR) is 84.2 cm³/mol. The second-order valence-electron chi connectivity index (χ2n) is 5.47. The molecule has 4 bridgehead atoms. The van der Waals surface area contributed by atoms with Gasteiger partial charge < -0.3 is 11.5 Å². The summed E-state index contributed by atoms with van der Waals surface area (Å²) in [4.78, 5) is 10.8. The van der Waals surface area contributed by atoms with Gasteiger partial charge in [0.1, 0.15) is 0 Å². The van der Waals surface area contributed by atoms with Gasteiger partial charge in [0.2, 0.25) is 11.5 Å². The second-order valence-corrected chi connectivity index (χ2v) is 5.47. The molecule has 0 fully saturated rings. The van der Waals surface area contributed by atoms with Crippen LogP contribution < -0.4 is 21.2 Å². The first-order chi connectivity index (χ1) is 10.2. The van der Waals surface area contributed by atoms with Gasteiger partial charge in [-0.3, -0.25) is 9.78 Å². The van der Waals surface area contributed by atoms with Crippen molar-refractivity contribution >= 4 is 11.4 Å². The molecule has 1 heterocycles. The zero-order valence-corrected chi connectivity index (χ0v) is 12.0. The molecule has 110 valence electrons. The number of benzene rings is 2. The zero-order valence-electron chi connectivity index (χ0n) is 12.0. The van der Waals surface area contributed by atoms with Gasteiger partial charge in [0.15, 0.2) is 0 Å². The first-order valence-electron chi connectivity index (χ1n) is 7.34. The van der Waals surface area contributed by atoms with E-state index in [1.165, 1.54) is 17.5 Å².